The van der Waals surface area contributed by atoms with E-state index in [1.807, 2.05) is 0 Å². The van der Waals surface area contributed by atoms with E-state index in [4.69, 9.17) is 21.5 Å². The van der Waals surface area contributed by atoms with E-state index in [2.05, 4.69) is 15.4 Å². The summed E-state index contributed by atoms with van der Waals surface area (Å²) in [4.78, 5) is 13.3. The Labute approximate surface area is 237 Å². The van der Waals surface area contributed by atoms with Crippen LogP contribution in [0.15, 0.2) is 65.6 Å². The molecule has 216 valence electrons. The molecule has 3 rings (SSSR count). The van der Waals surface area contributed by atoms with Crippen LogP contribution in [0.4, 0.5) is 11.4 Å². The summed E-state index contributed by atoms with van der Waals surface area (Å²) in [5.41, 5.74) is -0.772. The summed E-state index contributed by atoms with van der Waals surface area (Å²) in [7, 11) is -6.37. The molecule has 0 heterocycles. The highest BCUT2D eigenvalue weighted by Crippen LogP contribution is 2.31. The molecular formula is C25H29ClN4O8S2. The number of aliphatic hydroxyl groups is 1. The van der Waals surface area contributed by atoms with Gasteiger partial charge >= 0.3 is 0 Å². The predicted molar refractivity (Wildman–Crippen MR) is 151 cm³/mol. The Bertz CT molecular complexity index is 1620. The maximum atomic E-state index is 13.6. The van der Waals surface area contributed by atoms with Crippen LogP contribution in [0.2, 0.25) is 5.02 Å². The number of aromatic hydroxyl groups is 1. The van der Waals surface area contributed by atoms with Crippen molar-refractivity contribution in [3.05, 3.63) is 76.8 Å². The van der Waals surface area contributed by atoms with Crippen LogP contribution in [0.5, 0.6) is 11.5 Å². The van der Waals surface area contributed by atoms with Gasteiger partial charge in [-0.25, -0.2) is 22.0 Å². The van der Waals surface area contributed by atoms with Crippen molar-refractivity contribution in [1.82, 2.24) is 5.32 Å². The molecule has 0 saturated carbocycles. The lowest BCUT2D eigenvalue weighted by molar-refractivity contribution is -0.122. The zero-order valence-electron chi connectivity index (χ0n) is 21.7. The highest BCUT2D eigenvalue weighted by Gasteiger charge is 2.36. The monoisotopic (exact) mass is 612 g/mol. The van der Waals surface area contributed by atoms with Crippen molar-refractivity contribution >= 4 is 48.9 Å². The summed E-state index contributed by atoms with van der Waals surface area (Å²) in [6, 6.07) is 14.3. The molecule has 3 aromatic carbocycles. The normalized spacial score (nSPS) is 14.2. The van der Waals surface area contributed by atoms with Crippen LogP contribution >= 0.6 is 11.6 Å². The van der Waals surface area contributed by atoms with Crippen molar-refractivity contribution in [1.29, 1.82) is 0 Å². The smallest absolute Gasteiger partial charge is 0.249 e. The third-order valence-corrected chi connectivity index (χ3v) is 7.95. The minimum Gasteiger partial charge on any atom is -0.506 e. The average Bonchev–Trinajstić information content (AvgIpc) is 2.88. The molecule has 12 nitrogen and oxygen atoms in total. The number of carbonyl (C=O) groups is 1. The standard InChI is InChI=1S/C25H29ClN4O8S2/c1-25(16-5-8-18(38-2)9-6-16,24(33)29-17-7-10-19(26)23(13-17)40(27,36)37)28-14-22(32)15-4-11-21(31)20(12-15)30-39(3,34)35/h4-13,22,28,30-32H,14H2,1-3H3,(H,29,33)(H2,27,36,37)/t22-,25-/m0/s1. The number of methoxy groups -OCH3 is 1. The summed E-state index contributed by atoms with van der Waals surface area (Å²) in [5.74, 6) is -0.409. The summed E-state index contributed by atoms with van der Waals surface area (Å²) in [6.07, 6.45) is -0.321. The van der Waals surface area contributed by atoms with Gasteiger partial charge in [-0.05, 0) is 60.5 Å². The van der Waals surface area contributed by atoms with Crippen molar-refractivity contribution in [2.75, 3.05) is 29.9 Å². The van der Waals surface area contributed by atoms with E-state index in [1.54, 1.807) is 31.2 Å². The number of halogens is 1. The fourth-order valence-corrected chi connectivity index (χ4v) is 5.39. The molecule has 0 aliphatic rings. The third-order valence-electron chi connectivity index (χ3n) is 5.97. The predicted octanol–water partition coefficient (Wildman–Crippen LogP) is 2.25. The lowest BCUT2D eigenvalue weighted by Crippen LogP contribution is -2.51. The zero-order chi connectivity index (χ0) is 29.9. The Morgan fingerprint density at radius 3 is 2.30 bits per heavy atom. The molecule has 2 atom stereocenters. The Morgan fingerprint density at radius 1 is 1.07 bits per heavy atom. The minimum atomic E-state index is -4.16. The highest BCUT2D eigenvalue weighted by molar-refractivity contribution is 7.92. The molecule has 1 amide bonds. The number of hydrogen-bond donors (Lipinski definition) is 6. The van der Waals surface area contributed by atoms with Crippen LogP contribution < -0.4 is 25.2 Å². The van der Waals surface area contributed by atoms with E-state index < -0.39 is 37.6 Å². The van der Waals surface area contributed by atoms with Gasteiger partial charge in [0.05, 0.1) is 30.2 Å². The topological polar surface area (TPSA) is 197 Å². The molecule has 0 radical (unpaired) electrons. The van der Waals surface area contributed by atoms with Gasteiger partial charge in [-0.15, -0.1) is 0 Å². The lowest BCUT2D eigenvalue weighted by atomic mass is 9.90. The number of ether oxygens (including phenoxy) is 1. The fourth-order valence-electron chi connectivity index (χ4n) is 3.75. The SMILES string of the molecule is COc1ccc([C@](C)(NC[C@H](O)c2ccc(O)c(NS(C)(=O)=O)c2)C(=O)Nc2ccc(Cl)c(S(N)(=O)=O)c2)cc1. The number of amides is 1. The second-order valence-electron chi connectivity index (χ2n) is 9.05. The Hall–Kier alpha value is -3.40. The van der Waals surface area contributed by atoms with E-state index in [-0.39, 0.29) is 39.2 Å². The van der Waals surface area contributed by atoms with Gasteiger partial charge in [0, 0.05) is 12.2 Å². The Morgan fingerprint density at radius 2 is 1.73 bits per heavy atom. The largest absolute Gasteiger partial charge is 0.506 e. The van der Waals surface area contributed by atoms with Gasteiger partial charge in [0.15, 0.2) is 0 Å². The quantitative estimate of drug-likeness (QED) is 0.176. The van der Waals surface area contributed by atoms with E-state index in [1.165, 1.54) is 37.4 Å². The Balaban J connectivity index is 1.93. The summed E-state index contributed by atoms with van der Waals surface area (Å²) >= 11 is 5.95. The summed E-state index contributed by atoms with van der Waals surface area (Å²) < 4.78 is 54.4. The van der Waals surface area contributed by atoms with E-state index in [9.17, 15) is 31.8 Å². The van der Waals surface area contributed by atoms with Crippen molar-refractivity contribution in [3.8, 4) is 11.5 Å². The first kappa shape index (κ1) is 31.1. The van der Waals surface area contributed by atoms with E-state index in [0.29, 0.717) is 11.3 Å². The maximum Gasteiger partial charge on any atom is 0.249 e. The fraction of sp³-hybridized carbons (Fsp3) is 0.240. The number of nitrogens with two attached hydrogens (primary N) is 1. The van der Waals surface area contributed by atoms with Crippen LogP contribution in [-0.2, 0) is 30.4 Å². The van der Waals surface area contributed by atoms with Crippen LogP contribution in [0.25, 0.3) is 0 Å². The molecule has 0 fully saturated rings. The van der Waals surface area contributed by atoms with Gasteiger partial charge in [0.1, 0.15) is 21.9 Å². The maximum absolute atomic E-state index is 13.6. The van der Waals surface area contributed by atoms with Crippen molar-refractivity contribution in [3.63, 3.8) is 0 Å². The average molecular weight is 613 g/mol. The molecule has 0 aliphatic heterocycles. The number of phenols is 1. The van der Waals surface area contributed by atoms with Gasteiger partial charge < -0.3 is 20.3 Å². The molecular weight excluding hydrogens is 584 g/mol. The molecule has 0 spiro atoms. The van der Waals surface area contributed by atoms with Gasteiger partial charge in [-0.2, -0.15) is 0 Å². The van der Waals surface area contributed by atoms with Crippen molar-refractivity contribution in [2.45, 2.75) is 23.5 Å². The molecule has 0 aromatic heterocycles. The first-order valence-electron chi connectivity index (χ1n) is 11.6. The van der Waals surface area contributed by atoms with Crippen LogP contribution in [0.1, 0.15) is 24.2 Å². The number of carbonyl (C=O) groups excluding carboxylic acids is 1. The van der Waals surface area contributed by atoms with Crippen molar-refractivity contribution < 1.29 is 36.6 Å². The number of anilines is 2. The summed E-state index contributed by atoms with van der Waals surface area (Å²) in [5, 5.41) is 31.7. The first-order chi connectivity index (χ1) is 18.5. The van der Waals surface area contributed by atoms with Crippen LogP contribution in [-0.4, -0.2) is 52.9 Å². The summed E-state index contributed by atoms with van der Waals surface area (Å²) in [6.45, 7) is 1.36. The van der Waals surface area contributed by atoms with Gasteiger partial charge in [-0.3, -0.25) is 14.8 Å². The highest BCUT2D eigenvalue weighted by atomic mass is 35.5. The van der Waals surface area contributed by atoms with Gasteiger partial charge in [0.2, 0.25) is 26.0 Å². The number of nitrogens with one attached hydrogen (secondary N) is 3. The van der Waals surface area contributed by atoms with Crippen LogP contribution in [0.3, 0.4) is 0 Å². The minimum absolute atomic E-state index is 0.107. The molecule has 0 bridgehead atoms. The molecule has 15 heteroatoms. The zero-order valence-corrected chi connectivity index (χ0v) is 24.1. The van der Waals surface area contributed by atoms with E-state index >= 15 is 0 Å². The van der Waals surface area contributed by atoms with Crippen LogP contribution in [0, 0.1) is 0 Å². The molecule has 0 saturated heterocycles. The second kappa shape index (κ2) is 12.0. The van der Waals surface area contributed by atoms with Gasteiger partial charge in [0.25, 0.3) is 0 Å². The number of sulfonamides is 2. The Kier molecular flexibility index (Phi) is 9.34. The number of rotatable bonds is 11. The number of aliphatic hydroxyl groups excluding tert-OH is 1. The number of phenolic OH excluding ortho intramolecular Hbond substituents is 1. The van der Waals surface area contributed by atoms with E-state index in [0.717, 1.165) is 12.3 Å². The molecule has 0 unspecified atom stereocenters. The number of hydrogen-bond acceptors (Lipinski definition) is 9. The molecule has 7 N–H and O–H groups in total. The molecule has 3 aromatic rings. The number of benzene rings is 3. The third kappa shape index (κ3) is 7.62. The van der Waals surface area contributed by atoms with Crippen molar-refractivity contribution in [2.24, 2.45) is 5.14 Å². The number of primary sulfonamides is 1. The van der Waals surface area contributed by atoms with Gasteiger partial charge in [-0.1, -0.05) is 29.8 Å². The second-order valence-corrected chi connectivity index (χ2v) is 12.7. The molecule has 0 aliphatic carbocycles. The first-order valence-corrected chi connectivity index (χ1v) is 15.4. The molecule has 40 heavy (non-hydrogen) atoms. The lowest BCUT2D eigenvalue weighted by Gasteiger charge is -2.31.